The number of urea groups is 2. The van der Waals surface area contributed by atoms with Gasteiger partial charge in [-0.15, -0.1) is 0 Å². The lowest BCUT2D eigenvalue weighted by atomic mass is 10.1. The van der Waals surface area contributed by atoms with Gasteiger partial charge in [-0.25, -0.2) is 9.59 Å². The number of hydrogen-bond acceptors (Lipinski definition) is 2. The van der Waals surface area contributed by atoms with Crippen LogP contribution in [0.1, 0.15) is 103 Å². The van der Waals surface area contributed by atoms with Crippen molar-refractivity contribution in [3.63, 3.8) is 0 Å². The Morgan fingerprint density at radius 3 is 1.08 bits per heavy atom. The van der Waals surface area contributed by atoms with E-state index in [4.69, 9.17) is 0 Å². The second-order valence-electron chi connectivity index (χ2n) is 7.86. The largest absolute Gasteiger partial charge is 0.335 e. The van der Waals surface area contributed by atoms with E-state index in [1.165, 1.54) is 77.0 Å². The molecule has 0 aromatic heterocycles. The lowest BCUT2D eigenvalue weighted by molar-refractivity contribution is 0.221. The SMILES string of the molecule is O=C(NC(=O)NC1CCCCCCCC1)NC1CCCCCCCC1. The minimum absolute atomic E-state index is 0.204. The van der Waals surface area contributed by atoms with Gasteiger partial charge in [-0.3, -0.25) is 5.32 Å². The number of nitrogens with one attached hydrogen (secondary N) is 3. The molecule has 0 unspecified atom stereocenters. The van der Waals surface area contributed by atoms with Crippen molar-refractivity contribution in [1.82, 2.24) is 16.0 Å². The van der Waals surface area contributed by atoms with Crippen LogP contribution in [0.2, 0.25) is 0 Å². The average Bonchev–Trinajstić information content (AvgIpc) is 2.78. The van der Waals surface area contributed by atoms with Crippen molar-refractivity contribution < 1.29 is 9.59 Å². The van der Waals surface area contributed by atoms with Crippen molar-refractivity contribution >= 4 is 12.1 Å². The summed E-state index contributed by atoms with van der Waals surface area (Å²) in [6.07, 6.45) is 19.0. The second-order valence-corrected chi connectivity index (χ2v) is 7.86. The molecular formula is C20H37N3O2. The molecule has 2 aliphatic rings. The molecule has 0 aliphatic heterocycles. The highest BCUT2D eigenvalue weighted by Crippen LogP contribution is 2.18. The summed E-state index contributed by atoms with van der Waals surface area (Å²) in [5, 5.41) is 8.49. The third kappa shape index (κ3) is 9.13. The molecule has 0 atom stereocenters. The first kappa shape index (κ1) is 20.1. The fraction of sp³-hybridized carbons (Fsp3) is 0.900. The van der Waals surface area contributed by atoms with E-state index in [-0.39, 0.29) is 24.1 Å². The molecule has 0 aromatic carbocycles. The van der Waals surface area contributed by atoms with Crippen LogP contribution >= 0.6 is 0 Å². The summed E-state index contributed by atoms with van der Waals surface area (Å²) in [4.78, 5) is 24.3. The fourth-order valence-corrected chi connectivity index (χ4v) is 4.10. The van der Waals surface area contributed by atoms with E-state index in [0.717, 1.165) is 25.7 Å². The van der Waals surface area contributed by atoms with Gasteiger partial charge in [0.1, 0.15) is 0 Å². The van der Waals surface area contributed by atoms with Crippen molar-refractivity contribution in [2.24, 2.45) is 0 Å². The van der Waals surface area contributed by atoms with Crippen LogP contribution in [0.4, 0.5) is 9.59 Å². The van der Waals surface area contributed by atoms with E-state index in [2.05, 4.69) is 16.0 Å². The maximum Gasteiger partial charge on any atom is 0.323 e. The Hall–Kier alpha value is -1.26. The van der Waals surface area contributed by atoms with Crippen LogP contribution in [0, 0.1) is 0 Å². The van der Waals surface area contributed by atoms with Gasteiger partial charge in [0.05, 0.1) is 0 Å². The smallest absolute Gasteiger partial charge is 0.323 e. The number of carbonyl (C=O) groups is 2. The van der Waals surface area contributed by atoms with E-state index in [1.807, 2.05) is 0 Å². The highest BCUT2D eigenvalue weighted by Gasteiger charge is 2.17. The van der Waals surface area contributed by atoms with Crippen LogP contribution in [0.3, 0.4) is 0 Å². The van der Waals surface area contributed by atoms with E-state index < -0.39 is 0 Å². The number of amides is 4. The van der Waals surface area contributed by atoms with Gasteiger partial charge in [-0.1, -0.05) is 77.0 Å². The molecule has 144 valence electrons. The second kappa shape index (κ2) is 12.2. The standard InChI is InChI=1S/C20H37N3O2/c24-19(21-17-13-9-5-1-2-6-10-14-17)23-20(25)22-18-15-11-7-3-4-8-12-16-18/h17-18H,1-16H2,(H3,21,22,23,24,25). The molecule has 0 heterocycles. The molecule has 4 amide bonds. The molecule has 5 heteroatoms. The minimum atomic E-state index is -0.343. The molecular weight excluding hydrogens is 314 g/mol. The monoisotopic (exact) mass is 351 g/mol. The zero-order valence-electron chi connectivity index (χ0n) is 15.8. The summed E-state index contributed by atoms with van der Waals surface area (Å²) in [6, 6.07) is -0.277. The van der Waals surface area contributed by atoms with Crippen LogP contribution < -0.4 is 16.0 Å². The molecule has 0 radical (unpaired) electrons. The Bertz CT molecular complexity index is 344. The number of carbonyl (C=O) groups excluding carboxylic acids is 2. The van der Waals surface area contributed by atoms with Crippen LogP contribution in [0.5, 0.6) is 0 Å². The maximum atomic E-state index is 12.1. The van der Waals surface area contributed by atoms with E-state index in [9.17, 15) is 9.59 Å². The first-order valence-electron chi connectivity index (χ1n) is 10.6. The Labute approximate surface area is 153 Å². The van der Waals surface area contributed by atoms with Crippen LogP contribution in [-0.2, 0) is 0 Å². The minimum Gasteiger partial charge on any atom is -0.335 e. The lowest BCUT2D eigenvalue weighted by Crippen LogP contribution is -2.50. The van der Waals surface area contributed by atoms with E-state index in [1.54, 1.807) is 0 Å². The summed E-state index contributed by atoms with van der Waals surface area (Å²) in [5.74, 6) is 0. The third-order valence-corrected chi connectivity index (χ3v) is 5.61. The summed E-state index contributed by atoms with van der Waals surface area (Å²) in [7, 11) is 0. The van der Waals surface area contributed by atoms with Gasteiger partial charge in [0.2, 0.25) is 0 Å². The highest BCUT2D eigenvalue weighted by molar-refractivity contribution is 5.93. The van der Waals surface area contributed by atoms with Gasteiger partial charge >= 0.3 is 12.1 Å². The third-order valence-electron chi connectivity index (χ3n) is 5.61. The quantitative estimate of drug-likeness (QED) is 0.655. The Kier molecular flexibility index (Phi) is 9.75. The van der Waals surface area contributed by atoms with Crippen molar-refractivity contribution in [3.05, 3.63) is 0 Å². The van der Waals surface area contributed by atoms with Gasteiger partial charge in [0.25, 0.3) is 0 Å². The molecule has 2 saturated carbocycles. The normalized spacial score (nSPS) is 22.2. The molecule has 5 nitrogen and oxygen atoms in total. The van der Waals surface area contributed by atoms with Crippen molar-refractivity contribution in [3.8, 4) is 0 Å². The zero-order chi connectivity index (χ0) is 17.7. The number of imide groups is 1. The van der Waals surface area contributed by atoms with E-state index >= 15 is 0 Å². The molecule has 0 spiro atoms. The summed E-state index contributed by atoms with van der Waals surface area (Å²) in [5.41, 5.74) is 0. The summed E-state index contributed by atoms with van der Waals surface area (Å²) >= 11 is 0. The number of rotatable bonds is 2. The molecule has 25 heavy (non-hydrogen) atoms. The highest BCUT2D eigenvalue weighted by atomic mass is 16.2. The summed E-state index contributed by atoms with van der Waals surface area (Å²) < 4.78 is 0. The van der Waals surface area contributed by atoms with Crippen molar-refractivity contribution in [2.75, 3.05) is 0 Å². The van der Waals surface area contributed by atoms with Crippen LogP contribution in [0.15, 0.2) is 0 Å². The van der Waals surface area contributed by atoms with Gasteiger partial charge in [-0.05, 0) is 25.7 Å². The molecule has 2 aliphatic carbocycles. The Balaban J connectivity index is 1.69. The predicted molar refractivity (Wildman–Crippen MR) is 102 cm³/mol. The molecule has 2 rings (SSSR count). The predicted octanol–water partition coefficient (Wildman–Crippen LogP) is 5.00. The molecule has 3 N–H and O–H groups in total. The zero-order valence-corrected chi connectivity index (χ0v) is 15.8. The number of hydrogen-bond donors (Lipinski definition) is 3. The lowest BCUT2D eigenvalue weighted by Gasteiger charge is -2.20. The van der Waals surface area contributed by atoms with Crippen molar-refractivity contribution in [1.29, 1.82) is 0 Å². The molecule has 0 bridgehead atoms. The van der Waals surface area contributed by atoms with Crippen LogP contribution in [-0.4, -0.2) is 24.1 Å². The Morgan fingerprint density at radius 2 is 0.760 bits per heavy atom. The van der Waals surface area contributed by atoms with Gasteiger partial charge in [-0.2, -0.15) is 0 Å². The van der Waals surface area contributed by atoms with E-state index in [0.29, 0.717) is 0 Å². The topological polar surface area (TPSA) is 70.2 Å². The van der Waals surface area contributed by atoms with Crippen LogP contribution in [0.25, 0.3) is 0 Å². The molecule has 0 saturated heterocycles. The van der Waals surface area contributed by atoms with Gasteiger partial charge < -0.3 is 10.6 Å². The average molecular weight is 352 g/mol. The summed E-state index contributed by atoms with van der Waals surface area (Å²) in [6.45, 7) is 0. The van der Waals surface area contributed by atoms with Gasteiger partial charge in [0, 0.05) is 12.1 Å². The van der Waals surface area contributed by atoms with Gasteiger partial charge in [0.15, 0.2) is 0 Å². The molecule has 2 fully saturated rings. The molecule has 0 aromatic rings. The van der Waals surface area contributed by atoms with Crippen molar-refractivity contribution in [2.45, 2.75) is 115 Å². The first-order valence-corrected chi connectivity index (χ1v) is 10.6. The fourth-order valence-electron chi connectivity index (χ4n) is 4.10. The first-order chi connectivity index (χ1) is 12.2. The maximum absolute atomic E-state index is 12.1. The Morgan fingerprint density at radius 1 is 0.480 bits per heavy atom.